The summed E-state index contributed by atoms with van der Waals surface area (Å²) in [5, 5.41) is 0. The Morgan fingerprint density at radius 3 is 1.67 bits per heavy atom. The van der Waals surface area contributed by atoms with Gasteiger partial charge >= 0.3 is 69.9 Å². The van der Waals surface area contributed by atoms with E-state index in [2.05, 4.69) is 0 Å². The first kappa shape index (κ1) is 10.9. The molecule has 3 nitrogen and oxygen atoms in total. The first-order valence-electron chi connectivity index (χ1n) is 0.736. The van der Waals surface area contributed by atoms with Gasteiger partial charge in [-0.05, 0) is 0 Å². The Hall–Kier alpha value is 1.99. The van der Waals surface area contributed by atoms with Gasteiger partial charge in [0.15, 0.2) is 0 Å². The molecular weight excluding hydrogens is 592 g/mol. The van der Waals surface area contributed by atoms with E-state index < -0.39 is 35.5 Å². The second-order valence-electron chi connectivity index (χ2n) is 0.149. The SMILES string of the molecule is O=[Te+][Bi]=[O].[O]=[Pb]. The van der Waals surface area contributed by atoms with Gasteiger partial charge in [0.1, 0.15) is 0 Å². The van der Waals surface area contributed by atoms with Gasteiger partial charge in [-0.1, -0.05) is 0 Å². The van der Waals surface area contributed by atoms with Crippen LogP contribution in [0.5, 0.6) is 0 Å². The molecule has 6 heavy (non-hydrogen) atoms. The topological polar surface area (TPSA) is 51.2 Å². The Bertz CT molecular complexity index is 40.1. The van der Waals surface area contributed by atoms with Crippen LogP contribution in [-0.4, -0.2) is 61.3 Å². The Kier molecular flexibility index (Phi) is 28.6. The maximum atomic E-state index is 9.22. The molecular formula is BiO3PbTe+. The van der Waals surface area contributed by atoms with E-state index in [-0.39, 0.29) is 25.8 Å². The van der Waals surface area contributed by atoms with Crippen molar-refractivity contribution in [2.24, 2.45) is 0 Å². The molecule has 0 bridgehead atoms. The van der Waals surface area contributed by atoms with E-state index in [1.165, 1.54) is 0 Å². The van der Waals surface area contributed by atoms with Crippen molar-refractivity contribution < 1.29 is 8.60 Å². The summed E-state index contributed by atoms with van der Waals surface area (Å²) < 4.78 is 26.8. The second-order valence-corrected chi connectivity index (χ2v) is 8.77. The second kappa shape index (κ2) is 15.8. The van der Waals surface area contributed by atoms with Crippen molar-refractivity contribution in [3.63, 3.8) is 0 Å². The zero-order chi connectivity index (χ0) is 5.41. The minimum absolute atomic E-state index is 0.0556. The predicted octanol–water partition coefficient (Wildman–Crippen LogP) is -1.50. The van der Waals surface area contributed by atoms with Gasteiger partial charge in [0.05, 0.1) is 0 Å². The number of hydrogen-bond donors (Lipinski definition) is 0. The molecule has 0 rings (SSSR count). The van der Waals surface area contributed by atoms with Gasteiger partial charge < -0.3 is 0 Å². The van der Waals surface area contributed by atoms with Gasteiger partial charge in [-0.3, -0.25) is 0 Å². The van der Waals surface area contributed by atoms with E-state index in [1.54, 1.807) is 0 Å². The van der Waals surface area contributed by atoms with Gasteiger partial charge in [0.25, 0.3) is 0 Å². The van der Waals surface area contributed by atoms with Crippen molar-refractivity contribution in [3.8, 4) is 0 Å². The molecule has 0 amide bonds. The zero-order valence-electron chi connectivity index (χ0n) is 2.58. The molecule has 0 unspecified atom stereocenters. The summed E-state index contributed by atoms with van der Waals surface area (Å²) in [6.07, 6.45) is 0. The first-order valence-corrected chi connectivity index (χ1v) is 15.3. The summed E-state index contributed by atoms with van der Waals surface area (Å²) in [5.41, 5.74) is 0. The minimum atomic E-state index is -1.52. The van der Waals surface area contributed by atoms with Gasteiger partial charge in [0.2, 0.25) is 0 Å². The molecule has 0 aliphatic carbocycles. The van der Waals surface area contributed by atoms with E-state index in [4.69, 9.17) is 2.69 Å². The van der Waals surface area contributed by atoms with E-state index in [9.17, 15) is 5.92 Å². The maximum absolute atomic E-state index is 9.22. The average Bonchev–Trinajstić information content (AvgIpc) is 1.72. The molecule has 0 aliphatic heterocycles. The summed E-state index contributed by atoms with van der Waals surface area (Å²) in [6, 6.07) is 0. The van der Waals surface area contributed by atoms with Crippen molar-refractivity contribution >= 4 is 61.3 Å². The van der Waals surface area contributed by atoms with Crippen LogP contribution in [0.1, 0.15) is 0 Å². The van der Waals surface area contributed by atoms with Crippen molar-refractivity contribution in [3.05, 3.63) is 0 Å². The molecule has 0 aromatic carbocycles. The third kappa shape index (κ3) is 16.7. The fraction of sp³-hybridized carbons (Fsp3) is 0. The van der Waals surface area contributed by atoms with Crippen molar-refractivity contribution in [1.29, 1.82) is 0 Å². The Balaban J connectivity index is 0. The third-order valence-electron chi connectivity index (χ3n) is 0.0304. The summed E-state index contributed by atoms with van der Waals surface area (Å²) >= 11 is -2.61. The quantitative estimate of drug-likeness (QED) is 0.349. The van der Waals surface area contributed by atoms with E-state index in [0.29, 0.717) is 0 Å². The summed E-state index contributed by atoms with van der Waals surface area (Å²) in [5.74, 6) is 0. The van der Waals surface area contributed by atoms with E-state index in [0.717, 1.165) is 0 Å². The van der Waals surface area contributed by atoms with E-state index in [1.807, 2.05) is 0 Å². The van der Waals surface area contributed by atoms with Crippen molar-refractivity contribution in [2.45, 2.75) is 0 Å². The molecule has 0 saturated heterocycles. The van der Waals surface area contributed by atoms with Crippen LogP contribution in [0.25, 0.3) is 0 Å². The molecule has 0 aliphatic rings. The molecule has 2 radical (unpaired) electrons. The van der Waals surface area contributed by atoms with Gasteiger partial charge in [0, 0.05) is 0 Å². The van der Waals surface area contributed by atoms with Crippen LogP contribution in [0.2, 0.25) is 0 Å². The Morgan fingerprint density at radius 2 is 1.67 bits per heavy atom. The van der Waals surface area contributed by atoms with Crippen LogP contribution in [0, 0.1) is 0 Å². The van der Waals surface area contributed by atoms with E-state index >= 15 is 0 Å². The molecule has 32 valence electrons. The Morgan fingerprint density at radius 1 is 1.50 bits per heavy atom. The van der Waals surface area contributed by atoms with Crippen LogP contribution in [-0.2, 0) is 8.60 Å². The predicted molar refractivity (Wildman–Crippen MR) is 19.3 cm³/mol. The monoisotopic (exact) mass is 595 g/mol. The number of rotatable bonds is 1. The normalized spacial score (nSPS) is 4.00. The van der Waals surface area contributed by atoms with Crippen LogP contribution in [0.15, 0.2) is 0 Å². The van der Waals surface area contributed by atoms with Crippen molar-refractivity contribution in [1.82, 2.24) is 0 Å². The standard InChI is InChI=1S/Bi.OTe.2O.Pb/c;1-2;;;/q+1;;;;. The van der Waals surface area contributed by atoms with Crippen LogP contribution in [0.3, 0.4) is 0 Å². The number of hydrogen-bond acceptors (Lipinski definition) is 3. The van der Waals surface area contributed by atoms with Gasteiger partial charge in [-0.15, -0.1) is 0 Å². The van der Waals surface area contributed by atoms with Crippen molar-refractivity contribution in [2.75, 3.05) is 0 Å². The van der Waals surface area contributed by atoms with Crippen LogP contribution >= 0.6 is 0 Å². The molecule has 0 atom stereocenters. The molecule has 0 saturated carbocycles. The van der Waals surface area contributed by atoms with Gasteiger partial charge in [-0.2, -0.15) is 0 Å². The Labute approximate surface area is 68.5 Å². The molecule has 6 heteroatoms. The first-order chi connectivity index (χ1) is 2.91. The molecule has 0 heterocycles. The zero-order valence-corrected chi connectivity index (χ0v) is 12.3. The van der Waals surface area contributed by atoms with Gasteiger partial charge in [-0.25, -0.2) is 0 Å². The molecule has 0 fully saturated rings. The molecule has 0 N–H and O–H groups in total. The molecule has 0 spiro atoms. The third-order valence-corrected chi connectivity index (χ3v) is 1.79. The summed E-state index contributed by atoms with van der Waals surface area (Å²) in [7, 11) is 0. The average molecular weight is 592 g/mol. The fourth-order valence-electron chi connectivity index (χ4n) is 0. The van der Waals surface area contributed by atoms with Crippen LogP contribution < -0.4 is 0 Å². The summed E-state index contributed by atoms with van der Waals surface area (Å²) in [6.45, 7) is 0. The molecule has 0 aromatic rings. The molecule has 0 aromatic heterocycles. The fourth-order valence-corrected chi connectivity index (χ4v) is 0. The summed E-state index contributed by atoms with van der Waals surface area (Å²) in [4.78, 5) is 0. The van der Waals surface area contributed by atoms with Crippen LogP contribution in [0.4, 0.5) is 0 Å².